The maximum Gasteiger partial charge on any atom is 0.125 e. The van der Waals surface area contributed by atoms with Crippen LogP contribution >= 0.6 is 0 Å². The molecule has 1 N–H and O–H groups in total. The number of halogens is 1. The summed E-state index contributed by atoms with van der Waals surface area (Å²) in [5.41, 5.74) is 1.80. The van der Waals surface area contributed by atoms with Crippen molar-refractivity contribution in [2.24, 2.45) is 0 Å². The van der Waals surface area contributed by atoms with Gasteiger partial charge in [-0.15, -0.1) is 0 Å². The number of benzene rings is 1. The van der Waals surface area contributed by atoms with Crippen LogP contribution in [-0.4, -0.2) is 22.1 Å². The first-order valence-corrected chi connectivity index (χ1v) is 7.05. The molecule has 2 aromatic rings. The van der Waals surface area contributed by atoms with Gasteiger partial charge in [0, 0.05) is 24.6 Å². The van der Waals surface area contributed by atoms with Gasteiger partial charge >= 0.3 is 0 Å². The second kappa shape index (κ2) is 4.93. The number of nitrogens with one attached hydrogen (secondary N) is 1. The van der Waals surface area contributed by atoms with Crippen molar-refractivity contribution in [1.29, 1.82) is 0 Å². The largest absolute Gasteiger partial charge is 0.325 e. The first-order chi connectivity index (χ1) is 9.15. The van der Waals surface area contributed by atoms with Crippen molar-refractivity contribution < 1.29 is 4.39 Å². The average Bonchev–Trinajstić information content (AvgIpc) is 2.95. The smallest absolute Gasteiger partial charge is 0.125 e. The molecule has 0 radical (unpaired) electrons. The molecule has 1 atom stereocenters. The minimum absolute atomic E-state index is 0.216. The fourth-order valence-corrected chi connectivity index (χ4v) is 2.99. The maximum absolute atomic E-state index is 13.3. The topological polar surface area (TPSA) is 29.9 Å². The van der Waals surface area contributed by atoms with Crippen molar-refractivity contribution in [1.82, 2.24) is 14.9 Å². The van der Waals surface area contributed by atoms with Crippen LogP contribution in [0.4, 0.5) is 4.39 Å². The summed E-state index contributed by atoms with van der Waals surface area (Å²) in [5.74, 6) is 0.849. The molecule has 0 saturated carbocycles. The highest BCUT2D eigenvalue weighted by Gasteiger charge is 2.20. The number of nitrogens with zero attached hydrogens (tertiary/aromatic N) is 2. The van der Waals surface area contributed by atoms with Crippen LogP contribution in [-0.2, 0) is 6.42 Å². The molecule has 3 rings (SSSR count). The van der Waals surface area contributed by atoms with E-state index in [1.807, 2.05) is 6.07 Å². The number of rotatable bonds is 3. The van der Waals surface area contributed by atoms with Crippen molar-refractivity contribution in [2.75, 3.05) is 6.54 Å². The summed E-state index contributed by atoms with van der Waals surface area (Å²) in [7, 11) is 0. The van der Waals surface area contributed by atoms with Gasteiger partial charge in [0.15, 0.2) is 0 Å². The predicted octanol–water partition coefficient (Wildman–Crippen LogP) is 3.05. The Hall–Kier alpha value is -1.42. The van der Waals surface area contributed by atoms with E-state index in [1.54, 1.807) is 0 Å². The third-order valence-electron chi connectivity index (χ3n) is 3.83. The predicted molar refractivity (Wildman–Crippen MR) is 74.8 cm³/mol. The highest BCUT2D eigenvalue weighted by Crippen LogP contribution is 2.23. The minimum atomic E-state index is -0.216. The third kappa shape index (κ3) is 2.37. The van der Waals surface area contributed by atoms with Gasteiger partial charge in [0.1, 0.15) is 11.6 Å². The number of fused-ring (bicyclic) bond motifs is 1. The van der Waals surface area contributed by atoms with Crippen LogP contribution in [0.25, 0.3) is 11.0 Å². The Bertz CT molecular complexity index is 582. The summed E-state index contributed by atoms with van der Waals surface area (Å²) < 4.78 is 15.6. The van der Waals surface area contributed by atoms with Crippen LogP contribution in [0.5, 0.6) is 0 Å². The van der Waals surface area contributed by atoms with Crippen molar-refractivity contribution in [2.45, 2.75) is 45.2 Å². The van der Waals surface area contributed by atoms with E-state index in [0.29, 0.717) is 12.1 Å². The molecular weight excluding hydrogens is 241 g/mol. The first-order valence-electron chi connectivity index (χ1n) is 7.05. The van der Waals surface area contributed by atoms with Crippen molar-refractivity contribution >= 4 is 11.0 Å². The fraction of sp³-hybridized carbons (Fsp3) is 0.533. The molecule has 2 heterocycles. The molecule has 0 bridgehead atoms. The lowest BCUT2D eigenvalue weighted by Crippen LogP contribution is -2.25. The number of hydrogen-bond acceptors (Lipinski definition) is 2. The molecule has 0 spiro atoms. The quantitative estimate of drug-likeness (QED) is 0.920. The summed E-state index contributed by atoms with van der Waals surface area (Å²) in [6.07, 6.45) is 3.37. The maximum atomic E-state index is 13.3. The molecule has 0 amide bonds. The summed E-state index contributed by atoms with van der Waals surface area (Å²) in [5, 5.41) is 3.50. The first kappa shape index (κ1) is 12.6. The van der Waals surface area contributed by atoms with E-state index in [2.05, 4.69) is 28.7 Å². The van der Waals surface area contributed by atoms with Gasteiger partial charge in [-0.25, -0.2) is 9.37 Å². The number of aromatic nitrogens is 2. The number of imidazole rings is 1. The van der Waals surface area contributed by atoms with Crippen LogP contribution in [0.3, 0.4) is 0 Å². The van der Waals surface area contributed by atoms with Gasteiger partial charge in [0.25, 0.3) is 0 Å². The van der Waals surface area contributed by atoms with Gasteiger partial charge in [-0.1, -0.05) is 0 Å². The van der Waals surface area contributed by atoms with Gasteiger partial charge in [0.05, 0.1) is 11.0 Å². The lowest BCUT2D eigenvalue weighted by Gasteiger charge is -2.15. The zero-order valence-corrected chi connectivity index (χ0v) is 11.5. The highest BCUT2D eigenvalue weighted by molar-refractivity contribution is 5.76. The van der Waals surface area contributed by atoms with Gasteiger partial charge in [-0.3, -0.25) is 0 Å². The highest BCUT2D eigenvalue weighted by atomic mass is 19.1. The van der Waals surface area contributed by atoms with E-state index in [-0.39, 0.29) is 5.82 Å². The molecule has 1 aliphatic rings. The summed E-state index contributed by atoms with van der Waals surface area (Å²) in [4.78, 5) is 4.64. The molecular formula is C15H20FN3. The summed E-state index contributed by atoms with van der Waals surface area (Å²) in [6, 6.07) is 5.73. The van der Waals surface area contributed by atoms with Crippen molar-refractivity contribution in [3.8, 4) is 0 Å². The summed E-state index contributed by atoms with van der Waals surface area (Å²) in [6.45, 7) is 5.40. The molecule has 1 unspecified atom stereocenters. The van der Waals surface area contributed by atoms with Crippen LogP contribution in [0.2, 0.25) is 0 Å². The molecule has 1 fully saturated rings. The van der Waals surface area contributed by atoms with Gasteiger partial charge < -0.3 is 9.88 Å². The van der Waals surface area contributed by atoms with Crippen LogP contribution in [0.15, 0.2) is 18.2 Å². The Morgan fingerprint density at radius 1 is 1.47 bits per heavy atom. The Balaban J connectivity index is 2.03. The van der Waals surface area contributed by atoms with E-state index in [0.717, 1.165) is 29.8 Å². The molecule has 3 nitrogen and oxygen atoms in total. The molecule has 0 aliphatic carbocycles. The van der Waals surface area contributed by atoms with Crippen LogP contribution < -0.4 is 5.32 Å². The zero-order valence-electron chi connectivity index (χ0n) is 11.5. The van der Waals surface area contributed by atoms with Crippen molar-refractivity contribution in [3.05, 3.63) is 29.8 Å². The number of hydrogen-bond donors (Lipinski definition) is 1. The monoisotopic (exact) mass is 261 g/mol. The second-order valence-electron chi connectivity index (χ2n) is 5.62. The molecule has 1 aromatic carbocycles. The average molecular weight is 261 g/mol. The Morgan fingerprint density at radius 2 is 2.32 bits per heavy atom. The second-order valence-corrected chi connectivity index (χ2v) is 5.62. The minimum Gasteiger partial charge on any atom is -0.325 e. The van der Waals surface area contributed by atoms with Crippen LogP contribution in [0.1, 0.15) is 38.6 Å². The fourth-order valence-electron chi connectivity index (χ4n) is 2.99. The van der Waals surface area contributed by atoms with Crippen molar-refractivity contribution in [3.63, 3.8) is 0 Å². The van der Waals surface area contributed by atoms with E-state index in [4.69, 9.17) is 0 Å². The SMILES string of the molecule is CC(C)n1c(CC2CCCN2)nc2cc(F)ccc21. The van der Waals surface area contributed by atoms with E-state index in [9.17, 15) is 4.39 Å². The summed E-state index contributed by atoms with van der Waals surface area (Å²) >= 11 is 0. The molecule has 102 valence electrons. The van der Waals surface area contributed by atoms with E-state index in [1.165, 1.54) is 25.0 Å². The lowest BCUT2D eigenvalue weighted by molar-refractivity contribution is 0.530. The molecule has 1 saturated heterocycles. The third-order valence-corrected chi connectivity index (χ3v) is 3.83. The Morgan fingerprint density at radius 3 is 3.00 bits per heavy atom. The Labute approximate surface area is 112 Å². The van der Waals surface area contributed by atoms with Gasteiger partial charge in [-0.05, 0) is 45.4 Å². The van der Waals surface area contributed by atoms with Gasteiger partial charge in [-0.2, -0.15) is 0 Å². The molecule has 1 aromatic heterocycles. The lowest BCUT2D eigenvalue weighted by atomic mass is 10.1. The normalized spacial score (nSPS) is 19.7. The van der Waals surface area contributed by atoms with Crippen LogP contribution in [0, 0.1) is 5.82 Å². The Kier molecular flexibility index (Phi) is 3.27. The standard InChI is InChI=1S/C15H20FN3/c1-10(2)19-14-6-5-11(16)8-13(14)18-15(19)9-12-4-3-7-17-12/h5-6,8,10,12,17H,3-4,7,9H2,1-2H3. The van der Waals surface area contributed by atoms with E-state index >= 15 is 0 Å². The zero-order chi connectivity index (χ0) is 13.4. The molecule has 1 aliphatic heterocycles. The molecule has 4 heteroatoms. The van der Waals surface area contributed by atoms with E-state index < -0.39 is 0 Å². The van der Waals surface area contributed by atoms with Gasteiger partial charge in [0.2, 0.25) is 0 Å². The molecule has 19 heavy (non-hydrogen) atoms.